The van der Waals surface area contributed by atoms with Gasteiger partial charge in [0.25, 0.3) is 0 Å². The van der Waals surface area contributed by atoms with Crippen molar-refractivity contribution in [2.24, 2.45) is 5.92 Å². The van der Waals surface area contributed by atoms with Crippen molar-refractivity contribution < 1.29 is 4.79 Å². The molecule has 0 saturated heterocycles. The fourth-order valence-electron chi connectivity index (χ4n) is 2.93. The number of aromatic nitrogens is 4. The van der Waals surface area contributed by atoms with Crippen molar-refractivity contribution in [1.29, 1.82) is 0 Å². The molecule has 0 N–H and O–H groups in total. The van der Waals surface area contributed by atoms with Crippen LogP contribution < -0.4 is 5.69 Å². The number of ketones is 1. The minimum Gasteiger partial charge on any atom is -0.294 e. The van der Waals surface area contributed by atoms with E-state index in [0.717, 1.165) is 18.4 Å². The summed E-state index contributed by atoms with van der Waals surface area (Å²) in [7, 11) is 0. The number of benzene rings is 1. The van der Waals surface area contributed by atoms with Crippen LogP contribution in [-0.2, 0) is 13.0 Å². The first-order chi connectivity index (χ1) is 12.7. The van der Waals surface area contributed by atoms with Gasteiger partial charge in [0.1, 0.15) is 12.1 Å². The molecular weight excluding hydrogens is 328 g/mol. The summed E-state index contributed by atoms with van der Waals surface area (Å²) in [5, 5.41) is 4.16. The topological polar surface area (TPSA) is 69.8 Å². The molecule has 0 atom stereocenters. The lowest BCUT2D eigenvalue weighted by atomic mass is 10.0. The third kappa shape index (κ3) is 3.64. The van der Waals surface area contributed by atoms with E-state index in [1.165, 1.54) is 15.6 Å². The standard InChI is InChI=1S/C20H20N4O2/c25-18(9-8-15-4-2-1-3-5-15)17-10-11-21-19(12-17)23-14-22-24(20(23)26)13-16-6-7-16/h1-5,10-12,14,16H,6-9,13H2. The number of hydrogen-bond donors (Lipinski definition) is 0. The van der Waals surface area contributed by atoms with Crippen LogP contribution in [0.25, 0.3) is 5.82 Å². The zero-order chi connectivity index (χ0) is 17.9. The molecule has 26 heavy (non-hydrogen) atoms. The average Bonchev–Trinajstić information content (AvgIpc) is 3.43. The molecule has 2 aromatic heterocycles. The second-order valence-electron chi connectivity index (χ2n) is 6.72. The van der Waals surface area contributed by atoms with Gasteiger partial charge in [-0.15, -0.1) is 0 Å². The van der Waals surface area contributed by atoms with Crippen molar-refractivity contribution in [1.82, 2.24) is 19.3 Å². The summed E-state index contributed by atoms with van der Waals surface area (Å²) in [6, 6.07) is 13.3. The van der Waals surface area contributed by atoms with Gasteiger partial charge in [0.2, 0.25) is 0 Å². The van der Waals surface area contributed by atoms with Crippen molar-refractivity contribution in [3.05, 3.63) is 76.6 Å². The first kappa shape index (κ1) is 16.4. The minimum atomic E-state index is -0.210. The molecule has 2 heterocycles. The van der Waals surface area contributed by atoms with Crippen molar-refractivity contribution in [3.8, 4) is 5.82 Å². The first-order valence-electron chi connectivity index (χ1n) is 8.89. The number of nitrogens with zero attached hydrogens (tertiary/aromatic N) is 4. The lowest BCUT2D eigenvalue weighted by molar-refractivity contribution is 0.0982. The van der Waals surface area contributed by atoms with E-state index in [0.29, 0.717) is 36.7 Å². The molecule has 1 aliphatic rings. The van der Waals surface area contributed by atoms with Crippen LogP contribution in [0.15, 0.2) is 59.8 Å². The maximum Gasteiger partial charge on any atom is 0.351 e. The van der Waals surface area contributed by atoms with Crippen LogP contribution in [-0.4, -0.2) is 25.1 Å². The Morgan fingerprint density at radius 2 is 1.96 bits per heavy atom. The molecular formula is C20H20N4O2. The highest BCUT2D eigenvalue weighted by molar-refractivity contribution is 5.96. The van der Waals surface area contributed by atoms with E-state index in [2.05, 4.69) is 10.1 Å². The van der Waals surface area contributed by atoms with Crippen molar-refractivity contribution in [2.45, 2.75) is 32.2 Å². The molecule has 1 fully saturated rings. The van der Waals surface area contributed by atoms with Crippen molar-refractivity contribution in [2.75, 3.05) is 0 Å². The number of carbonyl (C=O) groups is 1. The molecule has 1 aromatic carbocycles. The van der Waals surface area contributed by atoms with Crippen LogP contribution in [0.3, 0.4) is 0 Å². The molecule has 0 aliphatic heterocycles. The van der Waals surface area contributed by atoms with Gasteiger partial charge in [-0.1, -0.05) is 30.3 Å². The summed E-state index contributed by atoms with van der Waals surface area (Å²) in [6.07, 6.45) is 6.47. The molecule has 1 saturated carbocycles. The van der Waals surface area contributed by atoms with Gasteiger partial charge >= 0.3 is 5.69 Å². The van der Waals surface area contributed by atoms with E-state index in [4.69, 9.17) is 0 Å². The maximum absolute atomic E-state index is 12.5. The minimum absolute atomic E-state index is 0.0379. The van der Waals surface area contributed by atoms with Crippen LogP contribution in [0.1, 0.15) is 35.2 Å². The quantitative estimate of drug-likeness (QED) is 0.616. The van der Waals surface area contributed by atoms with Crippen LogP contribution >= 0.6 is 0 Å². The molecule has 0 bridgehead atoms. The van der Waals surface area contributed by atoms with E-state index in [-0.39, 0.29) is 11.5 Å². The summed E-state index contributed by atoms with van der Waals surface area (Å²) >= 11 is 0. The van der Waals surface area contributed by atoms with E-state index in [9.17, 15) is 9.59 Å². The highest BCUT2D eigenvalue weighted by Crippen LogP contribution is 2.29. The summed E-state index contributed by atoms with van der Waals surface area (Å²) in [5.41, 5.74) is 1.48. The third-order valence-corrected chi connectivity index (χ3v) is 4.66. The van der Waals surface area contributed by atoms with Gasteiger partial charge in [-0.2, -0.15) is 5.10 Å². The molecule has 0 radical (unpaired) electrons. The Balaban J connectivity index is 1.50. The Kier molecular flexibility index (Phi) is 4.48. The van der Waals surface area contributed by atoms with E-state index < -0.39 is 0 Å². The third-order valence-electron chi connectivity index (χ3n) is 4.66. The van der Waals surface area contributed by atoms with Crippen LogP contribution in [0.2, 0.25) is 0 Å². The Morgan fingerprint density at radius 1 is 1.15 bits per heavy atom. The molecule has 0 spiro atoms. The largest absolute Gasteiger partial charge is 0.351 e. The first-order valence-corrected chi connectivity index (χ1v) is 8.89. The van der Waals surface area contributed by atoms with E-state index in [1.807, 2.05) is 30.3 Å². The van der Waals surface area contributed by atoms with E-state index >= 15 is 0 Å². The van der Waals surface area contributed by atoms with Gasteiger partial charge in [0.05, 0.1) is 0 Å². The Labute approximate surface area is 151 Å². The number of pyridine rings is 1. The fourth-order valence-corrected chi connectivity index (χ4v) is 2.93. The van der Waals surface area contributed by atoms with Gasteiger partial charge in [0.15, 0.2) is 5.78 Å². The van der Waals surface area contributed by atoms with Gasteiger partial charge < -0.3 is 0 Å². The lowest BCUT2D eigenvalue weighted by Gasteiger charge is -2.04. The van der Waals surface area contributed by atoms with Gasteiger partial charge in [-0.3, -0.25) is 4.79 Å². The van der Waals surface area contributed by atoms with Crippen LogP contribution in [0, 0.1) is 5.92 Å². The van der Waals surface area contributed by atoms with E-state index in [1.54, 1.807) is 18.3 Å². The molecule has 6 heteroatoms. The number of Topliss-reactive ketones (excluding diaryl/α,β-unsaturated/α-hetero) is 1. The second-order valence-corrected chi connectivity index (χ2v) is 6.72. The molecule has 6 nitrogen and oxygen atoms in total. The molecule has 0 amide bonds. The number of aryl methyl sites for hydroxylation is 1. The monoisotopic (exact) mass is 348 g/mol. The van der Waals surface area contributed by atoms with Crippen LogP contribution in [0.4, 0.5) is 0 Å². The van der Waals surface area contributed by atoms with Crippen LogP contribution in [0.5, 0.6) is 0 Å². The second kappa shape index (κ2) is 7.07. The van der Waals surface area contributed by atoms with Crippen molar-refractivity contribution in [3.63, 3.8) is 0 Å². The zero-order valence-electron chi connectivity index (χ0n) is 14.4. The van der Waals surface area contributed by atoms with Gasteiger partial charge in [-0.05, 0) is 42.9 Å². The van der Waals surface area contributed by atoms with Gasteiger partial charge in [0, 0.05) is 24.7 Å². The maximum atomic E-state index is 12.5. The number of rotatable bonds is 7. The summed E-state index contributed by atoms with van der Waals surface area (Å²) < 4.78 is 2.87. The number of carbonyl (C=O) groups excluding carboxylic acids is 1. The fraction of sp³-hybridized carbons (Fsp3) is 0.300. The average molecular weight is 348 g/mol. The molecule has 1 aliphatic carbocycles. The molecule has 4 rings (SSSR count). The predicted octanol–water partition coefficient (Wildman–Crippen LogP) is 2.65. The van der Waals surface area contributed by atoms with Crippen molar-refractivity contribution >= 4 is 5.78 Å². The molecule has 0 unspecified atom stereocenters. The molecule has 3 aromatic rings. The Hall–Kier alpha value is -3.02. The van der Waals surface area contributed by atoms with Gasteiger partial charge in [-0.25, -0.2) is 19.0 Å². The predicted molar refractivity (Wildman–Crippen MR) is 97.4 cm³/mol. The smallest absolute Gasteiger partial charge is 0.294 e. The SMILES string of the molecule is O=C(CCc1ccccc1)c1ccnc(-n2cnn(CC3CC3)c2=O)c1. The zero-order valence-corrected chi connectivity index (χ0v) is 14.4. The lowest BCUT2D eigenvalue weighted by Crippen LogP contribution is -2.25. The summed E-state index contributed by atoms with van der Waals surface area (Å²) in [5.74, 6) is 1.04. The summed E-state index contributed by atoms with van der Waals surface area (Å²) in [6.45, 7) is 0.654. The normalized spacial score (nSPS) is 13.7. The molecule has 132 valence electrons. The number of hydrogen-bond acceptors (Lipinski definition) is 4. The highest BCUT2D eigenvalue weighted by Gasteiger charge is 2.23. The highest BCUT2D eigenvalue weighted by atomic mass is 16.2. The summed E-state index contributed by atoms with van der Waals surface area (Å²) in [4.78, 5) is 29.2. The Morgan fingerprint density at radius 3 is 2.73 bits per heavy atom. The Bertz CT molecular complexity index is 971.